The third-order valence-corrected chi connectivity index (χ3v) is 7.13. The summed E-state index contributed by atoms with van der Waals surface area (Å²) in [7, 11) is 3.64. The number of carbonyl (C=O) groups is 1. The number of aryl methyl sites for hydroxylation is 3. The van der Waals surface area contributed by atoms with Gasteiger partial charge in [0.05, 0.1) is 13.7 Å². The summed E-state index contributed by atoms with van der Waals surface area (Å²) in [5, 5.41) is 0. The van der Waals surface area contributed by atoms with Crippen LogP contribution >= 0.6 is 0 Å². The molecule has 1 aliphatic rings. The molecular weight excluding hydrogens is 473 g/mol. The first-order valence-corrected chi connectivity index (χ1v) is 13.1. The van der Waals surface area contributed by atoms with Gasteiger partial charge in [-0.2, -0.15) is 0 Å². The quantitative estimate of drug-likeness (QED) is 0.220. The minimum absolute atomic E-state index is 0.180. The maximum atomic E-state index is 13.8. The highest BCUT2D eigenvalue weighted by Gasteiger charge is 2.16. The number of hydrogen-bond donors (Lipinski definition) is 0. The van der Waals surface area contributed by atoms with E-state index in [1.165, 1.54) is 22.8 Å². The molecule has 1 aliphatic carbocycles. The van der Waals surface area contributed by atoms with Crippen molar-refractivity contribution in [2.45, 2.75) is 39.0 Å². The lowest BCUT2D eigenvalue weighted by Crippen LogP contribution is -2.25. The lowest BCUT2D eigenvalue weighted by atomic mass is 9.91. The van der Waals surface area contributed by atoms with Crippen LogP contribution in [0.5, 0.6) is 5.75 Å². The molecule has 0 saturated heterocycles. The molecule has 4 heteroatoms. The zero-order valence-electron chi connectivity index (χ0n) is 22.6. The fourth-order valence-electron chi connectivity index (χ4n) is 4.97. The first-order valence-electron chi connectivity index (χ1n) is 13.1. The molecular formula is C34H36FNO2. The van der Waals surface area contributed by atoms with Crippen LogP contribution in [0.1, 0.15) is 47.1 Å². The fourth-order valence-corrected chi connectivity index (χ4v) is 4.97. The van der Waals surface area contributed by atoms with Crippen molar-refractivity contribution in [1.82, 2.24) is 4.90 Å². The molecule has 196 valence electrons. The van der Waals surface area contributed by atoms with Crippen LogP contribution in [0.4, 0.5) is 4.39 Å². The maximum absolute atomic E-state index is 13.8. The van der Waals surface area contributed by atoms with Crippen LogP contribution in [0.2, 0.25) is 0 Å². The lowest BCUT2D eigenvalue weighted by Gasteiger charge is -2.24. The Labute approximate surface area is 226 Å². The Balaban J connectivity index is 1.46. The van der Waals surface area contributed by atoms with Gasteiger partial charge in [0.25, 0.3) is 0 Å². The van der Waals surface area contributed by atoms with Gasteiger partial charge >= 0.3 is 0 Å². The van der Waals surface area contributed by atoms with Gasteiger partial charge in [-0.3, -0.25) is 4.79 Å². The van der Waals surface area contributed by atoms with Gasteiger partial charge in [-0.25, -0.2) is 4.39 Å². The van der Waals surface area contributed by atoms with Gasteiger partial charge in [-0.05, 0) is 96.3 Å². The Kier molecular flexibility index (Phi) is 8.96. The number of fused-ring (bicyclic) bond motifs is 1. The van der Waals surface area contributed by atoms with Gasteiger partial charge in [-0.1, -0.05) is 60.7 Å². The summed E-state index contributed by atoms with van der Waals surface area (Å²) in [6.07, 6.45) is 8.37. The highest BCUT2D eigenvalue weighted by molar-refractivity contribution is 5.87. The van der Waals surface area contributed by atoms with E-state index in [4.69, 9.17) is 4.74 Å². The summed E-state index contributed by atoms with van der Waals surface area (Å²) in [6, 6.07) is 21.3. The van der Waals surface area contributed by atoms with Gasteiger partial charge < -0.3 is 9.64 Å². The van der Waals surface area contributed by atoms with E-state index in [0.717, 1.165) is 53.8 Å². The van der Waals surface area contributed by atoms with E-state index >= 15 is 0 Å². The van der Waals surface area contributed by atoms with Crippen LogP contribution in [-0.2, 0) is 17.6 Å². The average Bonchev–Trinajstić information content (AvgIpc) is 2.90. The number of likely N-dealkylation sites (N-methyl/N-ethyl adjacent to an activating group) is 1. The van der Waals surface area contributed by atoms with Gasteiger partial charge in [0.15, 0.2) is 5.78 Å². The van der Waals surface area contributed by atoms with Gasteiger partial charge in [0, 0.05) is 19.2 Å². The number of halogens is 1. The summed E-state index contributed by atoms with van der Waals surface area (Å²) in [5.41, 5.74) is 7.99. The lowest BCUT2D eigenvalue weighted by molar-refractivity contribution is -0.118. The van der Waals surface area contributed by atoms with E-state index < -0.39 is 0 Å². The second-order valence-corrected chi connectivity index (χ2v) is 9.99. The molecule has 38 heavy (non-hydrogen) atoms. The Morgan fingerprint density at radius 2 is 1.79 bits per heavy atom. The molecule has 0 heterocycles. The van der Waals surface area contributed by atoms with Crippen LogP contribution in [0.25, 0.3) is 11.3 Å². The number of ether oxygens (including phenoxy) is 1. The summed E-state index contributed by atoms with van der Waals surface area (Å²) in [4.78, 5) is 15.2. The van der Waals surface area contributed by atoms with Crippen LogP contribution < -0.4 is 4.74 Å². The number of methoxy groups -OCH3 is 1. The molecule has 0 amide bonds. The first kappa shape index (κ1) is 27.1. The molecule has 0 atom stereocenters. The second kappa shape index (κ2) is 12.6. The minimum atomic E-state index is -0.233. The Morgan fingerprint density at radius 1 is 1.00 bits per heavy atom. The van der Waals surface area contributed by atoms with Crippen LogP contribution in [0.15, 0.2) is 91.0 Å². The predicted molar refractivity (Wildman–Crippen MR) is 155 cm³/mol. The van der Waals surface area contributed by atoms with Crippen LogP contribution in [0.3, 0.4) is 0 Å². The number of allylic oxidation sites excluding steroid dienone is 4. The Morgan fingerprint density at radius 3 is 2.53 bits per heavy atom. The molecule has 0 saturated carbocycles. The SMILES string of the molecule is C=C(/C=C(/c1ccccc1)N(C)CC(=O)C/C1=C/CCc2cc(OC)ccc2CC1)c1ccc(F)c(C)c1. The number of ketones is 1. The van der Waals surface area contributed by atoms with Gasteiger partial charge in [0.1, 0.15) is 11.6 Å². The minimum Gasteiger partial charge on any atom is -0.497 e. The number of benzene rings is 3. The smallest absolute Gasteiger partial charge is 0.156 e. The molecule has 0 spiro atoms. The fraction of sp³-hybridized carbons (Fsp3) is 0.265. The van der Waals surface area contributed by atoms with Gasteiger partial charge in [-0.15, -0.1) is 0 Å². The number of rotatable bonds is 9. The van der Waals surface area contributed by atoms with Crippen molar-refractivity contribution in [3.63, 3.8) is 0 Å². The summed E-state index contributed by atoms with van der Waals surface area (Å²) < 4.78 is 19.2. The normalized spacial score (nSPS) is 14.9. The molecule has 0 aliphatic heterocycles. The molecule has 3 aromatic rings. The zero-order valence-corrected chi connectivity index (χ0v) is 22.6. The van der Waals surface area contributed by atoms with Crippen molar-refractivity contribution in [3.05, 3.63) is 125 Å². The van der Waals surface area contributed by atoms with Crippen molar-refractivity contribution in [3.8, 4) is 5.75 Å². The number of carbonyl (C=O) groups excluding carboxylic acids is 1. The number of hydrogen-bond acceptors (Lipinski definition) is 3. The third-order valence-electron chi connectivity index (χ3n) is 7.13. The third kappa shape index (κ3) is 6.89. The molecule has 0 N–H and O–H groups in total. The molecule has 0 unspecified atom stereocenters. The van der Waals surface area contributed by atoms with E-state index in [9.17, 15) is 9.18 Å². The molecule has 4 rings (SSSR count). The molecule has 0 fully saturated rings. The largest absolute Gasteiger partial charge is 0.497 e. The van der Waals surface area contributed by atoms with Crippen molar-refractivity contribution in [2.24, 2.45) is 0 Å². The molecule has 0 aromatic heterocycles. The van der Waals surface area contributed by atoms with E-state index in [1.54, 1.807) is 26.2 Å². The maximum Gasteiger partial charge on any atom is 0.156 e. The molecule has 0 bridgehead atoms. The average molecular weight is 510 g/mol. The topological polar surface area (TPSA) is 29.5 Å². The van der Waals surface area contributed by atoms with E-state index in [1.807, 2.05) is 54.4 Å². The van der Waals surface area contributed by atoms with Gasteiger partial charge in [0.2, 0.25) is 0 Å². The predicted octanol–water partition coefficient (Wildman–Crippen LogP) is 7.59. The van der Waals surface area contributed by atoms with Crippen LogP contribution in [0, 0.1) is 12.7 Å². The van der Waals surface area contributed by atoms with Crippen LogP contribution in [-0.4, -0.2) is 31.4 Å². The summed E-state index contributed by atoms with van der Waals surface area (Å²) in [5.74, 6) is 0.842. The van der Waals surface area contributed by atoms with Crippen molar-refractivity contribution >= 4 is 17.1 Å². The monoisotopic (exact) mass is 509 g/mol. The van der Waals surface area contributed by atoms with E-state index in [-0.39, 0.29) is 11.6 Å². The highest BCUT2D eigenvalue weighted by atomic mass is 19.1. The van der Waals surface area contributed by atoms with Crippen molar-refractivity contribution < 1.29 is 13.9 Å². The highest BCUT2D eigenvalue weighted by Crippen LogP contribution is 2.27. The molecule has 3 nitrogen and oxygen atoms in total. The Hall–Kier alpha value is -3.92. The van der Waals surface area contributed by atoms with Crippen molar-refractivity contribution in [2.75, 3.05) is 20.7 Å². The first-order chi connectivity index (χ1) is 18.3. The second-order valence-electron chi connectivity index (χ2n) is 9.99. The number of nitrogens with zero attached hydrogens (tertiary/aromatic N) is 1. The summed E-state index contributed by atoms with van der Waals surface area (Å²) >= 11 is 0. The Bertz CT molecular complexity index is 1370. The summed E-state index contributed by atoms with van der Waals surface area (Å²) in [6.45, 7) is 6.28. The molecule has 3 aromatic carbocycles. The van der Waals surface area contributed by atoms with E-state index in [0.29, 0.717) is 18.5 Å². The standard InChI is InChI=1S/C34H36FNO2/c1-24(29-16-18-33(35)25(2)19-29)20-34(28-10-6-5-7-11-28)36(3)23-31(37)21-26-9-8-12-30-22-32(38-4)17-15-27(30)14-13-26/h5-7,9-11,15-20,22H,1,8,12-14,21,23H2,2-4H3/b26-9+,34-20-. The number of Topliss-reactive ketones (excluding diaryl/α,β-unsaturated/α-hetero) is 1. The van der Waals surface area contributed by atoms with E-state index in [2.05, 4.69) is 24.8 Å². The van der Waals surface area contributed by atoms with Crippen molar-refractivity contribution in [1.29, 1.82) is 0 Å². The molecule has 0 radical (unpaired) electrons. The zero-order chi connectivity index (χ0) is 27.1.